The number of amidine groups is 1. The monoisotopic (exact) mass is 546 g/mol. The third-order valence-electron chi connectivity index (χ3n) is 7.00. The number of nitrogens with one attached hydrogen (secondary N) is 2. The summed E-state index contributed by atoms with van der Waals surface area (Å²) in [5.41, 5.74) is 7.30. The Kier molecular flexibility index (Phi) is 9.08. The number of carbonyl (C=O) groups excluding carboxylic acids is 3. The largest absolute Gasteiger partial charge is 0.457 e. The van der Waals surface area contributed by atoms with Gasteiger partial charge in [-0.15, -0.1) is 0 Å². The predicted octanol–water partition coefficient (Wildman–Crippen LogP) is 4.40. The number of ether oxygens (including phenoxy) is 1. The van der Waals surface area contributed by atoms with E-state index in [0.717, 1.165) is 24.9 Å². The predicted molar refractivity (Wildman–Crippen MR) is 155 cm³/mol. The Morgan fingerprint density at radius 1 is 1.12 bits per heavy atom. The number of amides is 3. The van der Waals surface area contributed by atoms with Crippen molar-refractivity contribution < 1.29 is 20.5 Å². The quantitative estimate of drug-likeness (QED) is 0.332. The Morgan fingerprint density at radius 2 is 1.82 bits per heavy atom. The van der Waals surface area contributed by atoms with Crippen molar-refractivity contribution in [3.8, 4) is 11.5 Å². The van der Waals surface area contributed by atoms with Gasteiger partial charge in [-0.3, -0.25) is 25.2 Å². The van der Waals surface area contributed by atoms with Crippen molar-refractivity contribution in [1.29, 1.82) is 10.8 Å². The van der Waals surface area contributed by atoms with Gasteiger partial charge in [0.2, 0.25) is 17.7 Å². The molecule has 2 aliphatic heterocycles. The van der Waals surface area contributed by atoms with Gasteiger partial charge in [0.1, 0.15) is 17.3 Å². The van der Waals surface area contributed by atoms with Crippen molar-refractivity contribution in [2.45, 2.75) is 58.5 Å². The fourth-order valence-electron chi connectivity index (χ4n) is 4.73. The molecule has 4 N–H and O–H groups in total. The molecule has 3 amide bonds. The summed E-state index contributed by atoms with van der Waals surface area (Å²) in [4.78, 5) is 42.4. The van der Waals surface area contributed by atoms with E-state index in [1.165, 1.54) is 26.0 Å². The van der Waals surface area contributed by atoms with E-state index in [2.05, 4.69) is 16.8 Å². The van der Waals surface area contributed by atoms with Gasteiger partial charge in [-0.1, -0.05) is 13.0 Å². The second-order valence-corrected chi connectivity index (χ2v) is 10.6. The van der Waals surface area contributed by atoms with Crippen molar-refractivity contribution in [3.63, 3.8) is 0 Å². The van der Waals surface area contributed by atoms with E-state index in [4.69, 9.17) is 21.3 Å². The maximum Gasteiger partial charge on any atom is 0.248 e. The number of benzene rings is 2. The zero-order chi connectivity index (χ0) is 28.8. The standard InChI is InChI=1S/C22H23N5O3.C8H13NO.H2/c1-14(23)26-12-19(24)15-6-8-18(9-7-15)30-20-11-16(22(25)29)4-5-17(20)13-27-10-2-3-21(27)28;1-6-4-8(10)9(5-6)7-2-3-7;/h4-9,11-12,23-24H,2-3,10,13H2,1H3,(H2,25,29);6-7H,2-5H2,1H3;1H. The lowest BCUT2D eigenvalue weighted by atomic mass is 10.1. The van der Waals surface area contributed by atoms with Gasteiger partial charge in [-0.05, 0) is 68.5 Å². The van der Waals surface area contributed by atoms with Crippen molar-refractivity contribution in [2.24, 2.45) is 16.6 Å². The summed E-state index contributed by atoms with van der Waals surface area (Å²) in [5.74, 6) is 1.62. The van der Waals surface area contributed by atoms with Gasteiger partial charge in [0.05, 0.1) is 11.9 Å². The SMILES string of the molecule is CC(=N)N=CC(=N)c1ccc(Oc2cc(C(N)=O)ccc2CN2CCCC2=O)cc1.CC1CC(=O)N(C2CC2)C1.[HH]. The first kappa shape index (κ1) is 28.7. The first-order chi connectivity index (χ1) is 19.1. The molecule has 2 aromatic rings. The maximum atomic E-state index is 12.0. The molecule has 3 aliphatic rings. The van der Waals surface area contributed by atoms with Crippen LogP contribution in [0.1, 0.15) is 68.9 Å². The van der Waals surface area contributed by atoms with E-state index in [9.17, 15) is 14.4 Å². The molecule has 10 nitrogen and oxygen atoms in total. The number of primary amides is 1. The van der Waals surface area contributed by atoms with Gasteiger partial charge in [0.15, 0.2) is 0 Å². The van der Waals surface area contributed by atoms with E-state index in [-0.39, 0.29) is 18.9 Å². The first-order valence-corrected chi connectivity index (χ1v) is 13.6. The first-order valence-electron chi connectivity index (χ1n) is 13.6. The van der Waals surface area contributed by atoms with Gasteiger partial charge < -0.3 is 20.3 Å². The van der Waals surface area contributed by atoms with Crippen LogP contribution in [0.4, 0.5) is 0 Å². The Bertz CT molecular complexity index is 1340. The van der Waals surface area contributed by atoms with E-state index >= 15 is 0 Å². The normalized spacial score (nSPS) is 18.6. The van der Waals surface area contributed by atoms with Crippen LogP contribution in [0.25, 0.3) is 0 Å². The summed E-state index contributed by atoms with van der Waals surface area (Å²) < 4.78 is 5.99. The van der Waals surface area contributed by atoms with Crippen molar-refractivity contribution in [3.05, 3.63) is 59.2 Å². The minimum Gasteiger partial charge on any atom is -0.457 e. The molecular weight excluding hydrogens is 508 g/mol. The smallest absolute Gasteiger partial charge is 0.248 e. The van der Waals surface area contributed by atoms with Crippen LogP contribution in [0.15, 0.2) is 47.5 Å². The summed E-state index contributed by atoms with van der Waals surface area (Å²) in [6, 6.07) is 12.4. The van der Waals surface area contributed by atoms with Gasteiger partial charge in [0, 0.05) is 56.6 Å². The topological polar surface area (TPSA) is 153 Å². The molecule has 1 atom stereocenters. The molecule has 0 bridgehead atoms. The summed E-state index contributed by atoms with van der Waals surface area (Å²) in [6.07, 6.45) is 5.99. The van der Waals surface area contributed by atoms with Crippen LogP contribution in [-0.2, 0) is 16.1 Å². The van der Waals surface area contributed by atoms with Crippen molar-refractivity contribution in [1.82, 2.24) is 9.80 Å². The number of nitrogens with two attached hydrogens (primary N) is 1. The lowest BCUT2D eigenvalue weighted by Crippen LogP contribution is -2.27. The minimum atomic E-state index is -0.562. The zero-order valence-electron chi connectivity index (χ0n) is 23.0. The van der Waals surface area contributed by atoms with Crippen LogP contribution in [0, 0.1) is 16.7 Å². The number of carbonyl (C=O) groups is 3. The molecule has 0 aromatic heterocycles. The highest BCUT2D eigenvalue weighted by Gasteiger charge is 2.37. The lowest BCUT2D eigenvalue weighted by molar-refractivity contribution is -0.129. The molecule has 2 heterocycles. The molecule has 212 valence electrons. The number of aliphatic imine (C=N–C) groups is 1. The van der Waals surface area contributed by atoms with Crippen LogP contribution in [0.3, 0.4) is 0 Å². The molecule has 5 rings (SSSR count). The summed E-state index contributed by atoms with van der Waals surface area (Å²) in [6.45, 7) is 5.80. The third kappa shape index (κ3) is 7.62. The minimum absolute atomic E-state index is 0. The molecule has 1 saturated carbocycles. The highest BCUT2D eigenvalue weighted by molar-refractivity contribution is 6.38. The van der Waals surface area contributed by atoms with E-state index in [0.29, 0.717) is 60.0 Å². The molecule has 1 aliphatic carbocycles. The van der Waals surface area contributed by atoms with Gasteiger partial charge >= 0.3 is 0 Å². The summed E-state index contributed by atoms with van der Waals surface area (Å²) in [7, 11) is 0. The molecule has 2 saturated heterocycles. The van der Waals surface area contributed by atoms with Crippen LogP contribution < -0.4 is 10.5 Å². The number of nitrogens with zero attached hydrogens (tertiary/aromatic N) is 3. The van der Waals surface area contributed by atoms with Crippen LogP contribution in [0.5, 0.6) is 11.5 Å². The number of rotatable bonds is 8. The molecule has 1 unspecified atom stereocenters. The highest BCUT2D eigenvalue weighted by atomic mass is 16.5. The summed E-state index contributed by atoms with van der Waals surface area (Å²) in [5, 5.41) is 15.3. The molecule has 2 aromatic carbocycles. The highest BCUT2D eigenvalue weighted by Crippen LogP contribution is 2.32. The fourth-order valence-corrected chi connectivity index (χ4v) is 4.73. The van der Waals surface area contributed by atoms with Crippen LogP contribution >= 0.6 is 0 Å². The molecule has 10 heteroatoms. The molecule has 3 fully saturated rings. The number of likely N-dealkylation sites (tertiary alicyclic amines) is 2. The van der Waals surface area contributed by atoms with Gasteiger partial charge in [-0.2, -0.15) is 0 Å². The van der Waals surface area contributed by atoms with E-state index in [1.54, 1.807) is 47.4 Å². The Labute approximate surface area is 235 Å². The maximum absolute atomic E-state index is 12.0. The average molecular weight is 547 g/mol. The van der Waals surface area contributed by atoms with E-state index < -0.39 is 5.91 Å². The Balaban J connectivity index is 0.000000351. The van der Waals surface area contributed by atoms with Crippen LogP contribution in [-0.4, -0.2) is 64.4 Å². The second kappa shape index (κ2) is 12.7. The second-order valence-electron chi connectivity index (χ2n) is 10.6. The summed E-state index contributed by atoms with van der Waals surface area (Å²) >= 11 is 0. The Hall–Kier alpha value is -4.34. The van der Waals surface area contributed by atoms with E-state index in [1.807, 2.05) is 0 Å². The fraction of sp³-hybridized carbons (Fsp3) is 0.400. The van der Waals surface area contributed by atoms with Crippen molar-refractivity contribution in [2.75, 3.05) is 13.1 Å². The van der Waals surface area contributed by atoms with Crippen LogP contribution in [0.2, 0.25) is 0 Å². The average Bonchev–Trinajstić information content (AvgIpc) is 3.60. The Morgan fingerprint density at radius 3 is 2.38 bits per heavy atom. The molecule has 0 radical (unpaired) electrons. The molecule has 0 spiro atoms. The molecular formula is C30H38N6O4. The third-order valence-corrected chi connectivity index (χ3v) is 7.00. The van der Waals surface area contributed by atoms with Gasteiger partial charge in [-0.25, -0.2) is 4.99 Å². The van der Waals surface area contributed by atoms with Gasteiger partial charge in [0.25, 0.3) is 0 Å². The number of hydrogen-bond acceptors (Lipinski definition) is 6. The number of hydrogen-bond donors (Lipinski definition) is 3. The molecule has 40 heavy (non-hydrogen) atoms. The zero-order valence-corrected chi connectivity index (χ0v) is 23.0. The van der Waals surface area contributed by atoms with Crippen molar-refractivity contribution >= 4 is 35.5 Å². The lowest BCUT2D eigenvalue weighted by Gasteiger charge is -2.19.